The summed E-state index contributed by atoms with van der Waals surface area (Å²) in [6.07, 6.45) is 3.44. The number of aryl methyl sites for hydroxylation is 2. The number of halogens is 1. The highest BCUT2D eigenvalue weighted by atomic mass is 35.5. The summed E-state index contributed by atoms with van der Waals surface area (Å²) < 4.78 is 0. The van der Waals surface area contributed by atoms with Gasteiger partial charge in [0, 0.05) is 35.3 Å². The summed E-state index contributed by atoms with van der Waals surface area (Å²) >= 11 is 6.10. The van der Waals surface area contributed by atoms with Crippen molar-refractivity contribution in [3.05, 3.63) is 76.3 Å². The molecule has 7 heteroatoms. The quantitative estimate of drug-likeness (QED) is 0.712. The summed E-state index contributed by atoms with van der Waals surface area (Å²) in [6.45, 7) is 4.27. The van der Waals surface area contributed by atoms with Crippen molar-refractivity contribution in [1.29, 1.82) is 0 Å². The van der Waals surface area contributed by atoms with Crippen molar-refractivity contribution in [3.8, 4) is 0 Å². The fourth-order valence-corrected chi connectivity index (χ4v) is 2.49. The molecule has 0 unspecified atom stereocenters. The molecule has 3 rings (SSSR count). The highest BCUT2D eigenvalue weighted by molar-refractivity contribution is 6.31. The first kappa shape index (κ1) is 17.8. The van der Waals surface area contributed by atoms with Gasteiger partial charge in [0.2, 0.25) is 5.95 Å². The van der Waals surface area contributed by atoms with Crippen molar-refractivity contribution in [2.45, 2.75) is 20.4 Å². The van der Waals surface area contributed by atoms with Crippen LogP contribution < -0.4 is 10.6 Å². The number of nitrogens with one attached hydrogen (secondary N) is 2. The molecule has 2 N–H and O–H groups in total. The summed E-state index contributed by atoms with van der Waals surface area (Å²) in [5, 5.41) is 6.53. The molecule has 2 aromatic heterocycles. The fraction of sp³-hybridized carbons (Fsp3) is 0.158. The first-order valence-corrected chi connectivity index (χ1v) is 8.45. The standard InChI is InChI=1S/C19H18ClN5O/c1-12-3-4-15(10-16(12)20)24-18(26)17-9-13(2)23-19(25-17)22-11-14-5-7-21-8-6-14/h3-10H,11H2,1-2H3,(H,24,26)(H,22,23,25). The summed E-state index contributed by atoms with van der Waals surface area (Å²) in [7, 11) is 0. The Morgan fingerprint density at radius 1 is 1.08 bits per heavy atom. The Kier molecular flexibility index (Phi) is 5.43. The molecule has 0 saturated carbocycles. The van der Waals surface area contributed by atoms with Crippen LogP contribution in [0.25, 0.3) is 0 Å². The van der Waals surface area contributed by atoms with Gasteiger partial charge >= 0.3 is 0 Å². The van der Waals surface area contributed by atoms with E-state index >= 15 is 0 Å². The van der Waals surface area contributed by atoms with E-state index in [1.165, 1.54) is 0 Å². The monoisotopic (exact) mass is 367 g/mol. The van der Waals surface area contributed by atoms with Crippen LogP contribution in [0.3, 0.4) is 0 Å². The second kappa shape index (κ2) is 7.93. The van der Waals surface area contributed by atoms with Crippen LogP contribution in [0.2, 0.25) is 5.02 Å². The molecule has 26 heavy (non-hydrogen) atoms. The lowest BCUT2D eigenvalue weighted by Gasteiger charge is -2.09. The third-order valence-corrected chi connectivity index (χ3v) is 4.12. The minimum atomic E-state index is -0.317. The largest absolute Gasteiger partial charge is 0.350 e. The lowest BCUT2D eigenvalue weighted by Crippen LogP contribution is -2.16. The lowest BCUT2D eigenvalue weighted by atomic mass is 10.2. The molecule has 0 spiro atoms. The van der Waals surface area contributed by atoms with Gasteiger partial charge in [-0.2, -0.15) is 0 Å². The van der Waals surface area contributed by atoms with Crippen LogP contribution >= 0.6 is 11.6 Å². The average Bonchev–Trinajstić information content (AvgIpc) is 2.63. The van der Waals surface area contributed by atoms with E-state index in [1.54, 1.807) is 30.6 Å². The fourth-order valence-electron chi connectivity index (χ4n) is 2.31. The lowest BCUT2D eigenvalue weighted by molar-refractivity contribution is 0.102. The van der Waals surface area contributed by atoms with E-state index in [1.807, 2.05) is 32.0 Å². The van der Waals surface area contributed by atoms with Crippen molar-refractivity contribution in [2.75, 3.05) is 10.6 Å². The number of hydrogen-bond acceptors (Lipinski definition) is 5. The molecule has 2 heterocycles. The topological polar surface area (TPSA) is 79.8 Å². The minimum absolute atomic E-state index is 0.284. The Morgan fingerprint density at radius 3 is 2.58 bits per heavy atom. The molecule has 132 valence electrons. The molecule has 0 atom stereocenters. The minimum Gasteiger partial charge on any atom is -0.350 e. The van der Waals surface area contributed by atoms with Gasteiger partial charge in [0.25, 0.3) is 5.91 Å². The van der Waals surface area contributed by atoms with E-state index < -0.39 is 0 Å². The second-order valence-corrected chi connectivity index (χ2v) is 6.25. The van der Waals surface area contributed by atoms with Crippen molar-refractivity contribution >= 4 is 29.1 Å². The smallest absolute Gasteiger partial charge is 0.274 e. The predicted octanol–water partition coefficient (Wildman–Crippen LogP) is 4.01. The van der Waals surface area contributed by atoms with Gasteiger partial charge in [-0.25, -0.2) is 9.97 Å². The van der Waals surface area contributed by atoms with Crippen molar-refractivity contribution in [2.24, 2.45) is 0 Å². The van der Waals surface area contributed by atoms with Gasteiger partial charge < -0.3 is 10.6 Å². The average molecular weight is 368 g/mol. The Labute approximate surface area is 156 Å². The molecule has 0 saturated heterocycles. The molecule has 3 aromatic rings. The van der Waals surface area contributed by atoms with E-state index in [-0.39, 0.29) is 11.6 Å². The van der Waals surface area contributed by atoms with Crippen LogP contribution in [0.4, 0.5) is 11.6 Å². The van der Waals surface area contributed by atoms with Crippen LogP contribution in [-0.4, -0.2) is 20.9 Å². The number of nitrogens with zero attached hydrogens (tertiary/aromatic N) is 3. The molecular weight excluding hydrogens is 350 g/mol. The number of aromatic nitrogens is 3. The van der Waals surface area contributed by atoms with Crippen molar-refractivity contribution in [3.63, 3.8) is 0 Å². The first-order valence-electron chi connectivity index (χ1n) is 8.07. The van der Waals surface area contributed by atoms with Crippen LogP contribution in [0, 0.1) is 13.8 Å². The molecule has 0 fully saturated rings. The molecule has 6 nitrogen and oxygen atoms in total. The summed E-state index contributed by atoms with van der Waals surface area (Å²) in [4.78, 5) is 25.1. The second-order valence-electron chi connectivity index (χ2n) is 5.85. The van der Waals surface area contributed by atoms with Crippen molar-refractivity contribution in [1.82, 2.24) is 15.0 Å². The number of carbonyl (C=O) groups is 1. The Bertz CT molecular complexity index is 930. The van der Waals surface area contributed by atoms with Gasteiger partial charge in [-0.15, -0.1) is 0 Å². The zero-order valence-corrected chi connectivity index (χ0v) is 15.2. The van der Waals surface area contributed by atoms with Gasteiger partial charge in [0.05, 0.1) is 0 Å². The number of amides is 1. The Balaban J connectivity index is 1.73. The number of hydrogen-bond donors (Lipinski definition) is 2. The number of carbonyl (C=O) groups excluding carboxylic acids is 1. The molecule has 0 radical (unpaired) electrons. The van der Waals surface area contributed by atoms with Gasteiger partial charge in [-0.3, -0.25) is 9.78 Å². The van der Waals surface area contributed by atoms with Gasteiger partial charge in [0.15, 0.2) is 0 Å². The van der Waals surface area contributed by atoms with Gasteiger partial charge in [-0.1, -0.05) is 17.7 Å². The number of benzene rings is 1. The van der Waals surface area contributed by atoms with E-state index in [4.69, 9.17) is 11.6 Å². The maximum Gasteiger partial charge on any atom is 0.274 e. The predicted molar refractivity (Wildman–Crippen MR) is 102 cm³/mol. The maximum atomic E-state index is 12.5. The SMILES string of the molecule is Cc1cc(C(=O)Nc2ccc(C)c(Cl)c2)nc(NCc2ccncc2)n1. The van der Waals surface area contributed by atoms with Crippen LogP contribution in [0.15, 0.2) is 48.8 Å². The molecule has 0 aliphatic carbocycles. The molecule has 1 aromatic carbocycles. The summed E-state index contributed by atoms with van der Waals surface area (Å²) in [5.74, 6) is 0.0799. The Hall–Kier alpha value is -2.99. The van der Waals surface area contributed by atoms with E-state index in [0.29, 0.717) is 28.9 Å². The van der Waals surface area contributed by atoms with Crippen molar-refractivity contribution < 1.29 is 4.79 Å². The van der Waals surface area contributed by atoms with E-state index in [0.717, 1.165) is 11.1 Å². The normalized spacial score (nSPS) is 10.4. The third-order valence-electron chi connectivity index (χ3n) is 3.72. The zero-order chi connectivity index (χ0) is 18.5. The summed E-state index contributed by atoms with van der Waals surface area (Å²) in [5.41, 5.74) is 3.60. The third kappa shape index (κ3) is 4.55. The molecule has 0 aliphatic heterocycles. The highest BCUT2D eigenvalue weighted by Crippen LogP contribution is 2.20. The van der Waals surface area contributed by atoms with Gasteiger partial charge in [0.1, 0.15) is 5.69 Å². The first-order chi connectivity index (χ1) is 12.5. The highest BCUT2D eigenvalue weighted by Gasteiger charge is 2.11. The maximum absolute atomic E-state index is 12.5. The molecule has 1 amide bonds. The van der Waals surface area contributed by atoms with E-state index in [9.17, 15) is 4.79 Å². The number of rotatable bonds is 5. The zero-order valence-electron chi connectivity index (χ0n) is 14.5. The van der Waals surface area contributed by atoms with Crippen LogP contribution in [-0.2, 0) is 6.54 Å². The molecule has 0 aliphatic rings. The van der Waals surface area contributed by atoms with Crippen LogP contribution in [0.5, 0.6) is 0 Å². The molecular formula is C19H18ClN5O. The van der Waals surface area contributed by atoms with E-state index in [2.05, 4.69) is 25.6 Å². The Morgan fingerprint density at radius 2 is 1.85 bits per heavy atom. The van der Waals surface area contributed by atoms with Gasteiger partial charge in [-0.05, 0) is 55.3 Å². The molecule has 0 bridgehead atoms. The van der Waals surface area contributed by atoms with Crippen LogP contribution in [0.1, 0.15) is 27.3 Å². The summed E-state index contributed by atoms with van der Waals surface area (Å²) in [6, 6.07) is 10.8. The number of anilines is 2. The number of pyridine rings is 1.